The van der Waals surface area contributed by atoms with Crippen molar-refractivity contribution < 1.29 is 25.3 Å². The minimum Gasteiger partial charge on any atom is -0.387 e. The summed E-state index contributed by atoms with van der Waals surface area (Å²) in [5, 5.41) is 56.1. The van der Waals surface area contributed by atoms with Gasteiger partial charge < -0.3 is 20.4 Å². The highest BCUT2D eigenvalue weighted by Gasteiger charge is 2.56. The number of aromatic nitrogens is 3. The Morgan fingerprint density at radius 1 is 1.22 bits per heavy atom. The van der Waals surface area contributed by atoms with E-state index in [1.54, 1.807) is 13.2 Å². The molecule has 0 aliphatic carbocycles. The second kappa shape index (κ2) is 7.37. The Morgan fingerprint density at radius 3 is 2.41 bits per heavy atom. The average molecular weight is 414 g/mol. The van der Waals surface area contributed by atoms with Crippen LogP contribution in [0.5, 0.6) is 0 Å². The molecule has 0 spiro atoms. The number of thioether (sulfide) groups is 2. The molecule has 0 unspecified atom stereocenters. The second-order valence-electron chi connectivity index (χ2n) is 5.97. The molecule has 2 heterocycles. The number of aliphatic hydroxyl groups is 4. The van der Waals surface area contributed by atoms with Gasteiger partial charge in [-0.15, -0.1) is 11.8 Å². The highest BCUT2D eigenvalue weighted by molar-refractivity contribution is 8.17. The maximum atomic E-state index is 10.9. The number of nitro groups is 1. The van der Waals surface area contributed by atoms with Gasteiger partial charge in [-0.3, -0.25) is 10.1 Å². The Hall–Kier alpha value is -1.70. The van der Waals surface area contributed by atoms with Crippen LogP contribution in [0.1, 0.15) is 11.6 Å². The number of hydrogen-bond donors (Lipinski definition) is 4. The first-order valence-electron chi connectivity index (χ1n) is 7.85. The van der Waals surface area contributed by atoms with Crippen LogP contribution >= 0.6 is 23.5 Å². The summed E-state index contributed by atoms with van der Waals surface area (Å²) in [6.45, 7) is 1.64. The summed E-state index contributed by atoms with van der Waals surface area (Å²) in [6.07, 6.45) is -2.87. The van der Waals surface area contributed by atoms with E-state index in [2.05, 4.69) is 10.1 Å². The van der Waals surface area contributed by atoms with Crippen molar-refractivity contribution in [2.45, 2.75) is 34.8 Å². The molecule has 27 heavy (non-hydrogen) atoms. The average Bonchev–Trinajstić information content (AvgIpc) is 3.05. The minimum atomic E-state index is -1.59. The SMILES string of the molecule is CS[C@@]1(c2nc(C)nn2-c2ccc([N+](=O)[O-])cc2)S[C@H](O)[C@@H](O)[C@@H](O)[C@@H]1O. The van der Waals surface area contributed by atoms with E-state index in [0.29, 0.717) is 11.5 Å². The van der Waals surface area contributed by atoms with Gasteiger partial charge in [-0.2, -0.15) is 5.10 Å². The highest BCUT2D eigenvalue weighted by Crippen LogP contribution is 2.54. The molecule has 1 aliphatic heterocycles. The lowest BCUT2D eigenvalue weighted by molar-refractivity contribution is -0.384. The first-order valence-corrected chi connectivity index (χ1v) is 9.96. The lowest BCUT2D eigenvalue weighted by atomic mass is 10.0. The fourth-order valence-electron chi connectivity index (χ4n) is 2.88. The molecule has 0 radical (unpaired) electrons. The Morgan fingerprint density at radius 2 is 1.85 bits per heavy atom. The Bertz CT molecular complexity index is 847. The maximum Gasteiger partial charge on any atom is 0.269 e. The molecule has 4 N–H and O–H groups in total. The first kappa shape index (κ1) is 20.0. The van der Waals surface area contributed by atoms with Gasteiger partial charge >= 0.3 is 0 Å². The molecule has 1 aliphatic rings. The van der Waals surface area contributed by atoms with Crippen molar-refractivity contribution in [3.8, 4) is 5.69 Å². The van der Waals surface area contributed by atoms with Gasteiger partial charge in [-0.1, -0.05) is 11.8 Å². The minimum absolute atomic E-state index is 0.0854. The van der Waals surface area contributed by atoms with Crippen molar-refractivity contribution in [2.75, 3.05) is 6.26 Å². The lowest BCUT2D eigenvalue weighted by Crippen LogP contribution is -2.57. The van der Waals surface area contributed by atoms with Crippen molar-refractivity contribution in [1.82, 2.24) is 14.8 Å². The molecular formula is C15H18N4O6S2. The molecule has 1 aromatic carbocycles. The first-order chi connectivity index (χ1) is 12.7. The fourth-order valence-corrected chi connectivity index (χ4v) is 5.43. The van der Waals surface area contributed by atoms with Gasteiger partial charge in [0.1, 0.15) is 29.6 Å². The van der Waals surface area contributed by atoms with Crippen LogP contribution in [0.15, 0.2) is 24.3 Å². The number of nitro benzene ring substituents is 1. The lowest BCUT2D eigenvalue weighted by Gasteiger charge is -2.45. The second-order valence-corrected chi connectivity index (χ2v) is 8.65. The van der Waals surface area contributed by atoms with Gasteiger partial charge in [0, 0.05) is 12.1 Å². The third-order valence-electron chi connectivity index (χ3n) is 4.28. The largest absolute Gasteiger partial charge is 0.387 e. The molecule has 3 rings (SSSR count). The third kappa shape index (κ3) is 3.32. The predicted octanol–water partition coefficient (Wildman–Crippen LogP) is 0.148. The molecule has 2 aromatic rings. The van der Waals surface area contributed by atoms with E-state index >= 15 is 0 Å². The van der Waals surface area contributed by atoms with Crippen LogP contribution < -0.4 is 0 Å². The monoisotopic (exact) mass is 414 g/mol. The molecule has 0 amide bonds. The van der Waals surface area contributed by atoms with Gasteiger partial charge in [0.25, 0.3) is 5.69 Å². The van der Waals surface area contributed by atoms with Crippen molar-refractivity contribution in [3.63, 3.8) is 0 Å². The van der Waals surface area contributed by atoms with E-state index in [9.17, 15) is 30.5 Å². The zero-order chi connectivity index (χ0) is 19.9. The van der Waals surface area contributed by atoms with Crippen LogP contribution in [0.4, 0.5) is 5.69 Å². The standard InChI is InChI=1S/C15H18N4O6S2/c1-7-16-14(15(26-2)12(22)10(20)11(21)13(23)27-15)18(17-7)8-3-5-9(6-4-8)19(24)25/h3-6,10-13,20-23H,1-2H3/t10-,11+,12+,13+,15-/m1/s1. The zero-order valence-corrected chi connectivity index (χ0v) is 16.0. The van der Waals surface area contributed by atoms with Crippen LogP contribution in [0.25, 0.3) is 5.69 Å². The predicted molar refractivity (Wildman–Crippen MR) is 99.6 cm³/mol. The molecule has 5 atom stereocenters. The normalized spacial score (nSPS) is 31.0. The zero-order valence-electron chi connectivity index (χ0n) is 14.3. The summed E-state index contributed by atoms with van der Waals surface area (Å²) in [5.74, 6) is 0.614. The van der Waals surface area contributed by atoms with Crippen molar-refractivity contribution in [1.29, 1.82) is 0 Å². The molecule has 146 valence electrons. The third-order valence-corrected chi connectivity index (χ3v) is 7.40. The molecule has 0 bridgehead atoms. The number of hydrogen-bond acceptors (Lipinski definition) is 10. The Labute approximate surface area is 162 Å². The molecule has 1 aromatic heterocycles. The van der Waals surface area contributed by atoms with Crippen LogP contribution in [0.2, 0.25) is 0 Å². The molecule has 0 saturated carbocycles. The Kier molecular flexibility index (Phi) is 5.47. The van der Waals surface area contributed by atoms with Crippen LogP contribution in [0, 0.1) is 17.0 Å². The van der Waals surface area contributed by atoms with Gasteiger partial charge in [0.2, 0.25) is 0 Å². The number of nitrogens with zero attached hydrogens (tertiary/aromatic N) is 4. The maximum absolute atomic E-state index is 10.9. The van der Waals surface area contributed by atoms with Gasteiger partial charge in [-0.25, -0.2) is 9.67 Å². The molecular weight excluding hydrogens is 396 g/mol. The summed E-state index contributed by atoms with van der Waals surface area (Å²) in [6, 6.07) is 5.62. The number of non-ortho nitro benzene ring substituents is 1. The van der Waals surface area contributed by atoms with Crippen LogP contribution in [-0.2, 0) is 4.08 Å². The highest BCUT2D eigenvalue weighted by atomic mass is 32.2. The van der Waals surface area contributed by atoms with Crippen LogP contribution in [-0.4, -0.2) is 70.1 Å². The Balaban J connectivity index is 2.12. The molecule has 10 nitrogen and oxygen atoms in total. The van der Waals surface area contributed by atoms with Gasteiger partial charge in [0.15, 0.2) is 9.90 Å². The van der Waals surface area contributed by atoms with E-state index in [1.807, 2.05) is 0 Å². The summed E-state index contributed by atoms with van der Waals surface area (Å²) < 4.78 is 0.0873. The van der Waals surface area contributed by atoms with E-state index in [1.165, 1.54) is 28.9 Å². The van der Waals surface area contributed by atoms with E-state index < -0.39 is 32.8 Å². The van der Waals surface area contributed by atoms with E-state index in [0.717, 1.165) is 23.5 Å². The van der Waals surface area contributed by atoms with E-state index in [-0.39, 0.29) is 11.5 Å². The molecule has 1 fully saturated rings. The van der Waals surface area contributed by atoms with Crippen LogP contribution in [0.3, 0.4) is 0 Å². The van der Waals surface area contributed by atoms with Crippen molar-refractivity contribution >= 4 is 29.2 Å². The summed E-state index contributed by atoms with van der Waals surface area (Å²) >= 11 is 2.01. The summed E-state index contributed by atoms with van der Waals surface area (Å²) in [5.41, 5.74) is -0.969. The quantitative estimate of drug-likeness (QED) is 0.401. The molecule has 12 heteroatoms. The number of aryl methyl sites for hydroxylation is 1. The fraction of sp³-hybridized carbons (Fsp3) is 0.467. The van der Waals surface area contributed by atoms with Crippen molar-refractivity contribution in [2.24, 2.45) is 0 Å². The van der Waals surface area contributed by atoms with Gasteiger partial charge in [0.05, 0.1) is 10.6 Å². The van der Waals surface area contributed by atoms with Gasteiger partial charge in [-0.05, 0) is 25.3 Å². The molecule has 1 saturated heterocycles. The number of benzene rings is 1. The smallest absolute Gasteiger partial charge is 0.269 e. The van der Waals surface area contributed by atoms with E-state index in [4.69, 9.17) is 0 Å². The summed E-state index contributed by atoms with van der Waals surface area (Å²) in [7, 11) is 0. The summed E-state index contributed by atoms with van der Waals surface area (Å²) in [4.78, 5) is 14.7. The van der Waals surface area contributed by atoms with Crippen molar-refractivity contribution in [3.05, 3.63) is 46.0 Å². The number of aliphatic hydroxyl groups excluding tert-OH is 4. The topological polar surface area (TPSA) is 155 Å². The number of rotatable bonds is 4.